The van der Waals surface area contributed by atoms with E-state index in [4.69, 9.17) is 0 Å². The molecule has 13 rings (SSSR count). The Morgan fingerprint density at radius 2 is 0.649 bits per heavy atom. The molecule has 0 N–H and O–H groups in total. The number of hydrogen-bond acceptors (Lipinski definition) is 0. The molecule has 11 aromatic rings. The molecule has 11 aromatic carbocycles. The van der Waals surface area contributed by atoms with Crippen molar-refractivity contribution in [1.82, 2.24) is 0 Å². The molecule has 0 heteroatoms. The molecule has 0 nitrogen and oxygen atoms in total. The van der Waals surface area contributed by atoms with Crippen LogP contribution >= 0.6 is 0 Å². The van der Waals surface area contributed by atoms with Crippen LogP contribution in [0.5, 0.6) is 0 Å². The quantitative estimate of drug-likeness (QED) is 0.156. The van der Waals surface area contributed by atoms with Gasteiger partial charge in [-0.2, -0.15) is 0 Å². The first kappa shape index (κ1) is 31.0. The molecule has 0 saturated heterocycles. The first-order valence-electron chi connectivity index (χ1n) is 20.0. The van der Waals surface area contributed by atoms with Crippen LogP contribution in [0.4, 0.5) is 0 Å². The molecule has 0 saturated carbocycles. The maximum Gasteiger partial charge on any atom is 0.0737 e. The maximum atomic E-state index is 2.54. The van der Waals surface area contributed by atoms with E-state index in [1.807, 2.05) is 0 Å². The second kappa shape index (κ2) is 11.4. The highest BCUT2D eigenvalue weighted by atomic mass is 14.5. The molecule has 0 bridgehead atoms. The zero-order valence-corrected chi connectivity index (χ0v) is 31.1. The fourth-order valence-electron chi connectivity index (χ4n) is 11.0. The third-order valence-electron chi connectivity index (χ3n) is 13.2. The van der Waals surface area contributed by atoms with Crippen LogP contribution in [0.25, 0.3) is 98.4 Å². The first-order valence-corrected chi connectivity index (χ1v) is 20.0. The van der Waals surface area contributed by atoms with Crippen molar-refractivity contribution in [3.05, 3.63) is 229 Å². The van der Waals surface area contributed by atoms with E-state index in [9.17, 15) is 0 Å². The molecule has 0 aromatic heterocycles. The standard InChI is InChI=1S/C57H34/c1-2-16-38-37(15-1)33-49(42-20-4-3-17-39(38)42)35-29-31-36(32-30-35)50-34-51-54-46-24-8-5-18-40(46)41-19-6-10-26-48(41)56(54)57(55(51)47-25-9-7-21-43(47)50)52-27-13-11-22-44(52)45-23-12-14-28-53(45)57/h1-34H. The van der Waals surface area contributed by atoms with Gasteiger partial charge in [-0.1, -0.05) is 194 Å². The van der Waals surface area contributed by atoms with Crippen LogP contribution < -0.4 is 0 Å². The van der Waals surface area contributed by atoms with Gasteiger partial charge < -0.3 is 0 Å². The summed E-state index contributed by atoms with van der Waals surface area (Å²) < 4.78 is 0. The van der Waals surface area contributed by atoms with E-state index in [1.54, 1.807) is 0 Å². The van der Waals surface area contributed by atoms with Crippen molar-refractivity contribution in [3.63, 3.8) is 0 Å². The fourth-order valence-corrected chi connectivity index (χ4v) is 11.0. The summed E-state index contributed by atoms with van der Waals surface area (Å²) in [5.74, 6) is 0. The van der Waals surface area contributed by atoms with Crippen LogP contribution in [0, 0.1) is 0 Å². The van der Waals surface area contributed by atoms with Crippen molar-refractivity contribution >= 4 is 53.9 Å². The summed E-state index contributed by atoms with van der Waals surface area (Å²) in [5, 5.41) is 13.0. The summed E-state index contributed by atoms with van der Waals surface area (Å²) in [5.41, 5.74) is 15.4. The topological polar surface area (TPSA) is 0 Å². The Balaban J connectivity index is 1.14. The van der Waals surface area contributed by atoms with Crippen molar-refractivity contribution < 1.29 is 0 Å². The Kier molecular flexibility index (Phi) is 6.19. The molecule has 0 amide bonds. The lowest BCUT2D eigenvalue weighted by Crippen LogP contribution is -2.26. The van der Waals surface area contributed by atoms with Crippen molar-refractivity contribution in [3.8, 4) is 44.5 Å². The van der Waals surface area contributed by atoms with Gasteiger partial charge in [-0.15, -0.1) is 0 Å². The normalized spacial score (nSPS) is 13.4. The van der Waals surface area contributed by atoms with Gasteiger partial charge in [0.2, 0.25) is 0 Å². The molecule has 0 radical (unpaired) electrons. The molecule has 1 spiro atoms. The van der Waals surface area contributed by atoms with E-state index in [0.29, 0.717) is 0 Å². The average Bonchev–Trinajstić information content (AvgIpc) is 3.76. The minimum atomic E-state index is -0.485. The van der Waals surface area contributed by atoms with Crippen molar-refractivity contribution in [2.24, 2.45) is 0 Å². The number of rotatable bonds is 2. The maximum absolute atomic E-state index is 2.54. The van der Waals surface area contributed by atoms with Crippen LogP contribution in [0.15, 0.2) is 206 Å². The molecule has 57 heavy (non-hydrogen) atoms. The lowest BCUT2D eigenvalue weighted by Gasteiger charge is -2.33. The summed E-state index contributed by atoms with van der Waals surface area (Å²) in [6.07, 6.45) is 0. The van der Waals surface area contributed by atoms with E-state index < -0.39 is 5.41 Å². The van der Waals surface area contributed by atoms with Gasteiger partial charge in [-0.25, -0.2) is 0 Å². The van der Waals surface area contributed by atoms with Crippen LogP contribution in [-0.4, -0.2) is 0 Å². The Morgan fingerprint density at radius 3 is 1.26 bits per heavy atom. The number of fused-ring (bicyclic) bond motifs is 20. The minimum absolute atomic E-state index is 0.485. The van der Waals surface area contributed by atoms with E-state index >= 15 is 0 Å². The second-order valence-corrected chi connectivity index (χ2v) is 15.8. The van der Waals surface area contributed by atoms with Gasteiger partial charge in [0.05, 0.1) is 5.41 Å². The second-order valence-electron chi connectivity index (χ2n) is 15.8. The average molecular weight is 719 g/mol. The molecule has 0 fully saturated rings. The van der Waals surface area contributed by atoms with Crippen molar-refractivity contribution in [2.75, 3.05) is 0 Å². The highest BCUT2D eigenvalue weighted by Crippen LogP contribution is 2.67. The molecular weight excluding hydrogens is 685 g/mol. The van der Waals surface area contributed by atoms with Crippen molar-refractivity contribution in [1.29, 1.82) is 0 Å². The molecule has 2 aliphatic rings. The molecule has 262 valence electrons. The van der Waals surface area contributed by atoms with Gasteiger partial charge in [0.15, 0.2) is 0 Å². The molecule has 0 atom stereocenters. The summed E-state index contributed by atoms with van der Waals surface area (Å²) in [4.78, 5) is 0. The molecule has 2 aliphatic carbocycles. The van der Waals surface area contributed by atoms with Gasteiger partial charge >= 0.3 is 0 Å². The lowest BCUT2D eigenvalue weighted by atomic mass is 9.68. The Labute approximate surface area is 330 Å². The molecule has 0 aliphatic heterocycles. The number of hydrogen-bond donors (Lipinski definition) is 0. The van der Waals surface area contributed by atoms with Gasteiger partial charge in [0.25, 0.3) is 0 Å². The molecule has 0 unspecified atom stereocenters. The smallest absolute Gasteiger partial charge is 0.0619 e. The summed E-state index contributed by atoms with van der Waals surface area (Å²) in [6, 6.07) is 77.6. The van der Waals surface area contributed by atoms with Crippen LogP contribution in [0.3, 0.4) is 0 Å². The van der Waals surface area contributed by atoms with Gasteiger partial charge in [0, 0.05) is 0 Å². The van der Waals surface area contributed by atoms with Crippen LogP contribution in [0.2, 0.25) is 0 Å². The summed E-state index contributed by atoms with van der Waals surface area (Å²) >= 11 is 0. The first-order chi connectivity index (χ1) is 28.3. The monoisotopic (exact) mass is 718 g/mol. The summed E-state index contributed by atoms with van der Waals surface area (Å²) in [6.45, 7) is 0. The zero-order chi connectivity index (χ0) is 37.2. The van der Waals surface area contributed by atoms with E-state index in [1.165, 1.54) is 121 Å². The molecular formula is C57H34. The zero-order valence-electron chi connectivity index (χ0n) is 31.1. The van der Waals surface area contributed by atoms with E-state index in [2.05, 4.69) is 206 Å². The Morgan fingerprint density at radius 1 is 0.246 bits per heavy atom. The van der Waals surface area contributed by atoms with Crippen LogP contribution in [-0.2, 0) is 5.41 Å². The predicted molar refractivity (Wildman–Crippen MR) is 241 cm³/mol. The van der Waals surface area contributed by atoms with Crippen molar-refractivity contribution in [2.45, 2.75) is 5.41 Å². The van der Waals surface area contributed by atoms with Gasteiger partial charge in [-0.3, -0.25) is 0 Å². The Bertz CT molecular complexity index is 3460. The summed E-state index contributed by atoms with van der Waals surface area (Å²) in [7, 11) is 0. The van der Waals surface area contributed by atoms with Gasteiger partial charge in [-0.05, 0) is 133 Å². The number of benzene rings is 11. The predicted octanol–water partition coefficient (Wildman–Crippen LogP) is 15.1. The largest absolute Gasteiger partial charge is 0.0737 e. The minimum Gasteiger partial charge on any atom is -0.0619 e. The third kappa shape index (κ3) is 3.97. The highest BCUT2D eigenvalue weighted by Gasteiger charge is 2.54. The lowest BCUT2D eigenvalue weighted by molar-refractivity contribution is 0.809. The van der Waals surface area contributed by atoms with E-state index in [-0.39, 0.29) is 0 Å². The third-order valence-corrected chi connectivity index (χ3v) is 13.2. The van der Waals surface area contributed by atoms with E-state index in [0.717, 1.165) is 0 Å². The molecule has 0 heterocycles. The Hall–Kier alpha value is -7.28. The highest BCUT2D eigenvalue weighted by molar-refractivity contribution is 6.22. The fraction of sp³-hybridized carbons (Fsp3) is 0.0175. The van der Waals surface area contributed by atoms with Crippen LogP contribution in [0.1, 0.15) is 22.3 Å². The van der Waals surface area contributed by atoms with Gasteiger partial charge in [0.1, 0.15) is 0 Å². The SMILES string of the molecule is c1ccc2c(c1)-c1ccccc1C21c2c(cc(-c3ccc(-c4cc5ccccc5c5ccccc45)cc3)c3ccccc23)-c2c1c1ccccc1c1ccccc21.